The Bertz CT molecular complexity index is 735. The molecule has 2 unspecified atom stereocenters. The summed E-state index contributed by atoms with van der Waals surface area (Å²) >= 11 is 0. The van der Waals surface area contributed by atoms with Gasteiger partial charge in [-0.3, -0.25) is 9.48 Å². The van der Waals surface area contributed by atoms with E-state index >= 15 is 0 Å². The van der Waals surface area contributed by atoms with Crippen LogP contribution < -0.4 is 5.32 Å². The minimum atomic E-state index is -0.994. The first-order valence-corrected chi connectivity index (χ1v) is 8.51. The number of carboxylic acid groups (broad SMARTS) is 1. The lowest BCUT2D eigenvalue weighted by atomic mass is 9.98. The number of rotatable bonds is 7. The molecule has 6 heteroatoms. The van der Waals surface area contributed by atoms with Gasteiger partial charge in [0.2, 0.25) is 0 Å². The van der Waals surface area contributed by atoms with Gasteiger partial charge in [-0.1, -0.05) is 45.0 Å². The summed E-state index contributed by atoms with van der Waals surface area (Å²) in [7, 11) is 0. The normalized spacial score (nSPS) is 13.5. The van der Waals surface area contributed by atoms with Crippen LogP contribution in [0.2, 0.25) is 0 Å². The van der Waals surface area contributed by atoms with Crippen molar-refractivity contribution in [1.82, 2.24) is 15.1 Å². The molecule has 1 amide bonds. The average Bonchev–Trinajstić information content (AvgIpc) is 3.08. The highest BCUT2D eigenvalue weighted by atomic mass is 16.4. The third-order valence-electron chi connectivity index (χ3n) is 4.34. The molecule has 1 heterocycles. The number of hydrogen-bond donors (Lipinski definition) is 2. The zero-order chi connectivity index (χ0) is 18.6. The molecule has 1 aromatic heterocycles. The smallest absolute Gasteiger partial charge is 0.328 e. The van der Waals surface area contributed by atoms with E-state index in [0.29, 0.717) is 11.5 Å². The van der Waals surface area contributed by atoms with Gasteiger partial charge in [-0.15, -0.1) is 0 Å². The van der Waals surface area contributed by atoms with E-state index in [-0.39, 0.29) is 11.9 Å². The van der Waals surface area contributed by atoms with Crippen molar-refractivity contribution in [2.45, 2.75) is 52.1 Å². The van der Waals surface area contributed by atoms with Gasteiger partial charge in [0.25, 0.3) is 5.91 Å². The molecule has 0 saturated heterocycles. The number of benzene rings is 1. The summed E-state index contributed by atoms with van der Waals surface area (Å²) in [6.45, 7) is 7.81. The Morgan fingerprint density at radius 2 is 1.76 bits per heavy atom. The van der Waals surface area contributed by atoms with Crippen LogP contribution in [0.15, 0.2) is 36.7 Å². The van der Waals surface area contributed by atoms with E-state index in [4.69, 9.17) is 5.11 Å². The predicted octanol–water partition coefficient (Wildman–Crippen LogP) is 3.53. The Morgan fingerprint density at radius 1 is 1.16 bits per heavy atom. The lowest BCUT2D eigenvalue weighted by molar-refractivity contribution is -0.140. The zero-order valence-electron chi connectivity index (χ0n) is 15.1. The fourth-order valence-electron chi connectivity index (χ4n) is 2.56. The van der Waals surface area contributed by atoms with Crippen molar-refractivity contribution in [3.05, 3.63) is 53.3 Å². The average molecular weight is 343 g/mol. The van der Waals surface area contributed by atoms with Gasteiger partial charge in [-0.2, -0.15) is 5.10 Å². The van der Waals surface area contributed by atoms with Crippen LogP contribution in [0.4, 0.5) is 0 Å². The molecule has 0 aliphatic rings. The van der Waals surface area contributed by atoms with Gasteiger partial charge in [0, 0.05) is 6.20 Å². The molecule has 2 atom stereocenters. The highest BCUT2D eigenvalue weighted by Crippen LogP contribution is 2.21. The van der Waals surface area contributed by atoms with Gasteiger partial charge in [0.1, 0.15) is 6.04 Å². The summed E-state index contributed by atoms with van der Waals surface area (Å²) in [4.78, 5) is 23.5. The zero-order valence-corrected chi connectivity index (χ0v) is 15.1. The van der Waals surface area contributed by atoms with Crippen molar-refractivity contribution in [3.63, 3.8) is 0 Å². The Hall–Kier alpha value is -2.63. The van der Waals surface area contributed by atoms with Crippen LogP contribution in [0, 0.1) is 0 Å². The molecule has 0 bridgehead atoms. The summed E-state index contributed by atoms with van der Waals surface area (Å²) in [5, 5.41) is 16.0. The summed E-state index contributed by atoms with van der Waals surface area (Å²) in [6.07, 6.45) is 3.61. The molecule has 2 rings (SSSR count). The monoisotopic (exact) mass is 343 g/mol. The fraction of sp³-hybridized carbons (Fsp3) is 0.421. The number of carboxylic acids is 1. The van der Waals surface area contributed by atoms with Crippen LogP contribution in [-0.2, 0) is 4.79 Å². The quantitative estimate of drug-likeness (QED) is 0.805. The molecule has 0 spiro atoms. The van der Waals surface area contributed by atoms with Crippen molar-refractivity contribution < 1.29 is 14.7 Å². The first-order valence-electron chi connectivity index (χ1n) is 8.51. The second kappa shape index (κ2) is 7.96. The van der Waals surface area contributed by atoms with Crippen LogP contribution >= 0.6 is 0 Å². The summed E-state index contributed by atoms with van der Waals surface area (Å²) in [5.74, 6) is -0.791. The number of nitrogens with zero attached hydrogens (tertiary/aromatic N) is 2. The molecule has 0 saturated carbocycles. The number of carbonyl (C=O) groups excluding carboxylic acids is 1. The summed E-state index contributed by atoms with van der Waals surface area (Å²) in [5.41, 5.74) is 2.66. The third kappa shape index (κ3) is 4.47. The van der Waals surface area contributed by atoms with Gasteiger partial charge in [0.15, 0.2) is 0 Å². The number of nitrogens with one attached hydrogen (secondary N) is 1. The number of hydrogen-bond acceptors (Lipinski definition) is 3. The third-order valence-corrected chi connectivity index (χ3v) is 4.34. The molecule has 2 N–H and O–H groups in total. The molecule has 0 radical (unpaired) electrons. The van der Waals surface area contributed by atoms with Gasteiger partial charge in [-0.05, 0) is 30.4 Å². The largest absolute Gasteiger partial charge is 0.480 e. The van der Waals surface area contributed by atoms with E-state index in [0.717, 1.165) is 12.0 Å². The molecule has 6 nitrogen and oxygen atoms in total. The Kier molecular flexibility index (Phi) is 5.96. The van der Waals surface area contributed by atoms with E-state index in [2.05, 4.69) is 36.4 Å². The lowest BCUT2D eigenvalue weighted by Crippen LogP contribution is -2.28. The number of aromatic nitrogens is 2. The Labute approximate surface area is 147 Å². The van der Waals surface area contributed by atoms with Crippen LogP contribution in [0.1, 0.15) is 73.6 Å². The van der Waals surface area contributed by atoms with E-state index in [1.165, 1.54) is 29.6 Å². The van der Waals surface area contributed by atoms with Crippen molar-refractivity contribution in [1.29, 1.82) is 0 Å². The number of aliphatic carboxylic acids is 1. The number of amides is 1. The van der Waals surface area contributed by atoms with E-state index in [9.17, 15) is 9.59 Å². The Balaban J connectivity index is 2.10. The second-order valence-corrected chi connectivity index (χ2v) is 6.48. The molecular formula is C19H25N3O3. The first kappa shape index (κ1) is 18.7. The highest BCUT2D eigenvalue weighted by Gasteiger charge is 2.19. The topological polar surface area (TPSA) is 84.2 Å². The van der Waals surface area contributed by atoms with Crippen LogP contribution in [0.25, 0.3) is 0 Å². The van der Waals surface area contributed by atoms with E-state index in [1.807, 2.05) is 19.1 Å². The minimum absolute atomic E-state index is 0.103. The van der Waals surface area contributed by atoms with Gasteiger partial charge in [-0.25, -0.2) is 4.79 Å². The highest BCUT2D eigenvalue weighted by molar-refractivity contribution is 5.94. The molecule has 2 aromatic rings. The van der Waals surface area contributed by atoms with Gasteiger partial charge < -0.3 is 10.4 Å². The molecular weight excluding hydrogens is 318 g/mol. The predicted molar refractivity (Wildman–Crippen MR) is 95.6 cm³/mol. The second-order valence-electron chi connectivity index (χ2n) is 6.48. The fourth-order valence-corrected chi connectivity index (χ4v) is 2.56. The minimum Gasteiger partial charge on any atom is -0.480 e. The van der Waals surface area contributed by atoms with Crippen molar-refractivity contribution in [2.75, 3.05) is 0 Å². The molecule has 0 aliphatic heterocycles. The molecule has 25 heavy (non-hydrogen) atoms. The number of carbonyl (C=O) groups is 2. The molecule has 0 aliphatic carbocycles. The van der Waals surface area contributed by atoms with Crippen LogP contribution in [-0.4, -0.2) is 26.8 Å². The lowest BCUT2D eigenvalue weighted by Gasteiger charge is -2.18. The van der Waals surface area contributed by atoms with Crippen molar-refractivity contribution in [3.8, 4) is 0 Å². The maximum Gasteiger partial charge on any atom is 0.328 e. The molecule has 134 valence electrons. The van der Waals surface area contributed by atoms with Crippen molar-refractivity contribution >= 4 is 11.9 Å². The van der Waals surface area contributed by atoms with Crippen LogP contribution in [0.5, 0.6) is 0 Å². The van der Waals surface area contributed by atoms with E-state index in [1.54, 1.807) is 0 Å². The van der Waals surface area contributed by atoms with Crippen LogP contribution in [0.3, 0.4) is 0 Å². The molecule has 1 aromatic carbocycles. The maximum atomic E-state index is 12.5. The standard InChI is InChI=1S/C19H25N3O3/c1-5-17(15-8-6-14(7-9-15)12(2)3)21-18(23)16-10-20-22(11-16)13(4)19(24)25/h6-13,17H,5H2,1-4H3,(H,21,23)(H,24,25). The molecule has 0 fully saturated rings. The Morgan fingerprint density at radius 3 is 2.28 bits per heavy atom. The van der Waals surface area contributed by atoms with Gasteiger partial charge in [0.05, 0.1) is 17.8 Å². The summed E-state index contributed by atoms with van der Waals surface area (Å²) < 4.78 is 1.27. The first-order chi connectivity index (χ1) is 11.8. The maximum absolute atomic E-state index is 12.5. The van der Waals surface area contributed by atoms with Crippen molar-refractivity contribution in [2.24, 2.45) is 0 Å². The van der Waals surface area contributed by atoms with Gasteiger partial charge >= 0.3 is 5.97 Å². The summed E-state index contributed by atoms with van der Waals surface area (Å²) in [6, 6.07) is 7.34. The van der Waals surface area contributed by atoms with E-state index < -0.39 is 12.0 Å². The SMILES string of the molecule is CCC(NC(=O)c1cnn(C(C)C(=O)O)c1)c1ccc(C(C)C)cc1.